The van der Waals surface area contributed by atoms with Gasteiger partial charge in [-0.25, -0.2) is 0 Å². The summed E-state index contributed by atoms with van der Waals surface area (Å²) in [6, 6.07) is 0. The molecular weight excluding hydrogens is 224 g/mol. The van der Waals surface area contributed by atoms with Crippen molar-refractivity contribution in [2.24, 2.45) is 5.92 Å². The number of ether oxygens (including phenoxy) is 1. The molecular formula is C11H20N2O4. The van der Waals surface area contributed by atoms with Crippen molar-refractivity contribution in [1.29, 1.82) is 0 Å². The summed E-state index contributed by atoms with van der Waals surface area (Å²) in [5, 5.41) is 11.2. The van der Waals surface area contributed by atoms with Gasteiger partial charge in [0.05, 0.1) is 26.2 Å². The van der Waals surface area contributed by atoms with Gasteiger partial charge >= 0.3 is 5.97 Å². The van der Waals surface area contributed by atoms with Gasteiger partial charge in [0.2, 0.25) is 5.91 Å². The molecule has 0 atom stereocenters. The Kier molecular flexibility index (Phi) is 5.93. The van der Waals surface area contributed by atoms with Crippen LogP contribution in [-0.2, 0) is 14.3 Å². The Labute approximate surface area is 101 Å². The van der Waals surface area contributed by atoms with E-state index in [4.69, 9.17) is 9.84 Å². The highest BCUT2D eigenvalue weighted by Crippen LogP contribution is 2.17. The molecule has 0 bridgehead atoms. The largest absolute Gasteiger partial charge is 0.469 e. The lowest BCUT2D eigenvalue weighted by molar-refractivity contribution is -0.147. The van der Waals surface area contributed by atoms with Gasteiger partial charge < -0.3 is 15.2 Å². The van der Waals surface area contributed by atoms with E-state index in [1.807, 2.05) is 4.90 Å². The number of likely N-dealkylation sites (tertiary alicyclic amines) is 1. The summed E-state index contributed by atoms with van der Waals surface area (Å²) in [5.41, 5.74) is 0. The molecule has 1 fully saturated rings. The van der Waals surface area contributed by atoms with Crippen LogP contribution in [0.15, 0.2) is 0 Å². The van der Waals surface area contributed by atoms with E-state index in [-0.39, 0.29) is 30.9 Å². The summed E-state index contributed by atoms with van der Waals surface area (Å²) >= 11 is 0. The minimum Gasteiger partial charge on any atom is -0.469 e. The van der Waals surface area contributed by atoms with E-state index in [9.17, 15) is 9.59 Å². The number of nitrogens with one attached hydrogen (secondary N) is 1. The van der Waals surface area contributed by atoms with Crippen LogP contribution in [0.25, 0.3) is 0 Å². The number of piperidine rings is 1. The molecule has 1 heterocycles. The number of rotatable bonds is 5. The summed E-state index contributed by atoms with van der Waals surface area (Å²) < 4.78 is 4.69. The molecule has 0 aromatic rings. The number of nitrogens with zero attached hydrogens (tertiary/aromatic N) is 1. The molecule has 1 amide bonds. The normalized spacial score (nSPS) is 17.8. The first-order chi connectivity index (χ1) is 8.17. The zero-order valence-corrected chi connectivity index (χ0v) is 10.1. The molecule has 0 radical (unpaired) electrons. The third-order valence-corrected chi connectivity index (χ3v) is 2.92. The van der Waals surface area contributed by atoms with E-state index in [0.29, 0.717) is 6.54 Å². The van der Waals surface area contributed by atoms with Crippen molar-refractivity contribution in [1.82, 2.24) is 10.2 Å². The highest BCUT2D eigenvalue weighted by molar-refractivity contribution is 5.78. The van der Waals surface area contributed by atoms with Crippen LogP contribution in [0, 0.1) is 5.92 Å². The Morgan fingerprint density at radius 1 is 1.41 bits per heavy atom. The Bertz CT molecular complexity index is 262. The first-order valence-corrected chi connectivity index (χ1v) is 5.85. The highest BCUT2D eigenvalue weighted by atomic mass is 16.5. The molecule has 2 N–H and O–H groups in total. The van der Waals surface area contributed by atoms with Crippen LogP contribution in [0.2, 0.25) is 0 Å². The molecule has 0 aliphatic carbocycles. The van der Waals surface area contributed by atoms with Crippen LogP contribution in [-0.4, -0.2) is 61.8 Å². The van der Waals surface area contributed by atoms with Crippen LogP contribution in [0.4, 0.5) is 0 Å². The zero-order chi connectivity index (χ0) is 12.7. The van der Waals surface area contributed by atoms with Gasteiger partial charge in [-0.3, -0.25) is 14.5 Å². The maximum atomic E-state index is 11.4. The number of aliphatic hydroxyl groups is 1. The van der Waals surface area contributed by atoms with E-state index in [1.54, 1.807) is 0 Å². The van der Waals surface area contributed by atoms with Crippen LogP contribution in [0.3, 0.4) is 0 Å². The molecule has 0 saturated carbocycles. The van der Waals surface area contributed by atoms with Gasteiger partial charge in [-0.1, -0.05) is 0 Å². The SMILES string of the molecule is COC(=O)C1CCN(CC(=O)NCCO)CC1. The molecule has 1 rings (SSSR count). The van der Waals surface area contributed by atoms with Crippen LogP contribution in [0.1, 0.15) is 12.8 Å². The minimum atomic E-state index is -0.158. The lowest BCUT2D eigenvalue weighted by atomic mass is 9.97. The fourth-order valence-electron chi connectivity index (χ4n) is 1.95. The molecule has 0 aromatic carbocycles. The van der Waals surface area contributed by atoms with Gasteiger partial charge in [0, 0.05) is 6.54 Å². The second kappa shape index (κ2) is 7.24. The predicted octanol–water partition coefficient (Wildman–Crippen LogP) is -1.02. The number of hydrogen-bond donors (Lipinski definition) is 2. The maximum absolute atomic E-state index is 11.4. The number of esters is 1. The van der Waals surface area contributed by atoms with Crippen LogP contribution >= 0.6 is 0 Å². The number of carbonyl (C=O) groups excluding carboxylic acids is 2. The fourth-order valence-corrected chi connectivity index (χ4v) is 1.95. The van der Waals surface area contributed by atoms with Crippen molar-refractivity contribution in [3.8, 4) is 0 Å². The van der Waals surface area contributed by atoms with Crippen molar-refractivity contribution in [3.63, 3.8) is 0 Å². The van der Waals surface area contributed by atoms with Crippen molar-refractivity contribution >= 4 is 11.9 Å². The highest BCUT2D eigenvalue weighted by Gasteiger charge is 2.26. The minimum absolute atomic E-state index is 0.0308. The third kappa shape index (κ3) is 4.70. The molecule has 1 saturated heterocycles. The van der Waals surface area contributed by atoms with Gasteiger partial charge in [-0.2, -0.15) is 0 Å². The lowest BCUT2D eigenvalue weighted by Gasteiger charge is -2.29. The Hall–Kier alpha value is -1.14. The molecule has 0 spiro atoms. The maximum Gasteiger partial charge on any atom is 0.308 e. The standard InChI is InChI=1S/C11H20N2O4/c1-17-11(16)9-2-5-13(6-3-9)8-10(15)12-4-7-14/h9,14H,2-8H2,1H3,(H,12,15). The molecule has 17 heavy (non-hydrogen) atoms. The molecule has 98 valence electrons. The fraction of sp³-hybridized carbons (Fsp3) is 0.818. The van der Waals surface area contributed by atoms with Crippen molar-refractivity contribution in [3.05, 3.63) is 0 Å². The van der Waals surface area contributed by atoms with Crippen molar-refractivity contribution in [2.75, 3.05) is 39.9 Å². The first kappa shape index (κ1) is 13.9. The van der Waals surface area contributed by atoms with E-state index in [2.05, 4.69) is 5.32 Å². The van der Waals surface area contributed by atoms with Crippen LogP contribution in [0.5, 0.6) is 0 Å². The average Bonchev–Trinajstić information content (AvgIpc) is 2.36. The van der Waals surface area contributed by atoms with Gasteiger partial charge in [0.15, 0.2) is 0 Å². The van der Waals surface area contributed by atoms with E-state index < -0.39 is 0 Å². The lowest BCUT2D eigenvalue weighted by Crippen LogP contribution is -2.43. The first-order valence-electron chi connectivity index (χ1n) is 5.85. The summed E-state index contributed by atoms with van der Waals surface area (Å²) in [4.78, 5) is 24.7. The number of methoxy groups -OCH3 is 1. The second-order valence-electron chi connectivity index (χ2n) is 4.15. The van der Waals surface area contributed by atoms with Crippen molar-refractivity contribution in [2.45, 2.75) is 12.8 Å². The summed E-state index contributed by atoms with van der Waals surface area (Å²) in [7, 11) is 1.40. The number of hydrogen-bond acceptors (Lipinski definition) is 5. The second-order valence-corrected chi connectivity index (χ2v) is 4.15. The average molecular weight is 244 g/mol. The topological polar surface area (TPSA) is 78.9 Å². The number of amides is 1. The smallest absolute Gasteiger partial charge is 0.308 e. The number of aliphatic hydroxyl groups excluding tert-OH is 1. The monoisotopic (exact) mass is 244 g/mol. The van der Waals surface area contributed by atoms with Crippen LogP contribution < -0.4 is 5.32 Å². The Balaban J connectivity index is 2.23. The molecule has 0 unspecified atom stereocenters. The molecule has 1 aliphatic heterocycles. The molecule has 6 heteroatoms. The quantitative estimate of drug-likeness (QED) is 0.605. The third-order valence-electron chi connectivity index (χ3n) is 2.92. The van der Waals surface area contributed by atoms with E-state index >= 15 is 0 Å². The van der Waals surface area contributed by atoms with Gasteiger partial charge in [0.25, 0.3) is 0 Å². The zero-order valence-electron chi connectivity index (χ0n) is 10.1. The van der Waals surface area contributed by atoms with Gasteiger partial charge in [-0.15, -0.1) is 0 Å². The van der Waals surface area contributed by atoms with Gasteiger partial charge in [-0.05, 0) is 25.9 Å². The number of carbonyl (C=O) groups is 2. The Morgan fingerprint density at radius 3 is 2.59 bits per heavy atom. The van der Waals surface area contributed by atoms with Crippen molar-refractivity contribution < 1.29 is 19.4 Å². The summed E-state index contributed by atoms with van der Waals surface area (Å²) in [6.45, 7) is 2.03. The predicted molar refractivity (Wildman–Crippen MR) is 61.3 cm³/mol. The van der Waals surface area contributed by atoms with Gasteiger partial charge in [0.1, 0.15) is 0 Å². The molecule has 1 aliphatic rings. The van der Waals surface area contributed by atoms with E-state index in [0.717, 1.165) is 25.9 Å². The summed E-state index contributed by atoms with van der Waals surface area (Å²) in [6.07, 6.45) is 1.47. The molecule has 0 aromatic heterocycles. The van der Waals surface area contributed by atoms with E-state index in [1.165, 1.54) is 7.11 Å². The molecule has 6 nitrogen and oxygen atoms in total. The summed E-state index contributed by atoms with van der Waals surface area (Å²) in [5.74, 6) is -0.276. The Morgan fingerprint density at radius 2 is 2.06 bits per heavy atom.